The lowest BCUT2D eigenvalue weighted by atomic mass is 10.1. The van der Waals surface area contributed by atoms with Gasteiger partial charge in [-0.2, -0.15) is 10.1 Å². The maximum Gasteiger partial charge on any atom is 0.281 e. The Morgan fingerprint density at radius 3 is 2.74 bits per heavy atom. The van der Waals surface area contributed by atoms with Gasteiger partial charge in [0.25, 0.3) is 11.5 Å². The van der Waals surface area contributed by atoms with E-state index in [4.69, 9.17) is 21.1 Å². The molecule has 2 N–H and O–H groups in total. The number of benzene rings is 3. The van der Waals surface area contributed by atoms with E-state index in [-0.39, 0.29) is 12.7 Å². The molecule has 1 aliphatic rings. The third-order valence-corrected chi connectivity index (χ3v) is 5.88. The molecule has 168 valence electrons. The van der Waals surface area contributed by atoms with Crippen molar-refractivity contribution in [2.24, 2.45) is 0 Å². The summed E-state index contributed by atoms with van der Waals surface area (Å²) in [5, 5.41) is 11.1. The first-order chi connectivity index (χ1) is 16.6. The molecule has 0 unspecified atom stereocenters. The molecule has 0 radical (unpaired) electrons. The van der Waals surface area contributed by atoms with E-state index in [0.717, 1.165) is 11.1 Å². The number of carbonyl (C=O) groups excluding carboxylic acids is 1. The number of carbonyl (C=O) groups is 1. The molecule has 0 saturated carbocycles. The number of rotatable bonds is 4. The Morgan fingerprint density at radius 2 is 1.88 bits per heavy atom. The predicted octanol–water partition coefficient (Wildman–Crippen LogP) is 3.55. The number of H-pyrrole nitrogens is 1. The van der Waals surface area contributed by atoms with Gasteiger partial charge in [0.05, 0.1) is 10.9 Å². The van der Waals surface area contributed by atoms with Gasteiger partial charge in [-0.25, -0.2) is 9.73 Å². The Morgan fingerprint density at radius 1 is 1.06 bits per heavy atom. The highest BCUT2D eigenvalue weighted by atomic mass is 35.5. The van der Waals surface area contributed by atoms with Gasteiger partial charge in [-0.1, -0.05) is 29.8 Å². The summed E-state index contributed by atoms with van der Waals surface area (Å²) in [5.74, 6) is 1.06. The summed E-state index contributed by atoms with van der Waals surface area (Å²) < 4.78 is 12.3. The summed E-state index contributed by atoms with van der Waals surface area (Å²) in [6.07, 6.45) is 0. The second-order valence-electron chi connectivity index (χ2n) is 7.75. The molecular formula is C24H16ClN5O4. The van der Waals surface area contributed by atoms with Crippen molar-refractivity contribution in [3.05, 3.63) is 87.2 Å². The first-order valence-electron chi connectivity index (χ1n) is 10.4. The van der Waals surface area contributed by atoms with E-state index in [1.54, 1.807) is 47.0 Å². The average molecular weight is 474 g/mol. The van der Waals surface area contributed by atoms with Crippen LogP contribution in [0.4, 0.5) is 0 Å². The van der Waals surface area contributed by atoms with Gasteiger partial charge in [0.15, 0.2) is 17.1 Å². The van der Waals surface area contributed by atoms with Crippen LogP contribution < -0.4 is 20.3 Å². The zero-order valence-electron chi connectivity index (χ0n) is 17.5. The number of halogens is 1. The molecule has 34 heavy (non-hydrogen) atoms. The molecule has 3 heterocycles. The van der Waals surface area contributed by atoms with Crippen LogP contribution in [0.2, 0.25) is 5.02 Å². The second-order valence-corrected chi connectivity index (χ2v) is 8.18. The number of hydrogen-bond acceptors (Lipinski definition) is 6. The van der Waals surface area contributed by atoms with Crippen LogP contribution >= 0.6 is 11.6 Å². The molecule has 9 nitrogen and oxygen atoms in total. The predicted molar refractivity (Wildman–Crippen MR) is 125 cm³/mol. The highest BCUT2D eigenvalue weighted by Gasteiger charge is 2.17. The molecular weight excluding hydrogens is 458 g/mol. The van der Waals surface area contributed by atoms with E-state index in [1.807, 2.05) is 18.2 Å². The molecule has 0 aliphatic carbocycles. The molecule has 0 saturated heterocycles. The summed E-state index contributed by atoms with van der Waals surface area (Å²) in [6, 6.07) is 17.4. The van der Waals surface area contributed by atoms with Crippen LogP contribution in [0.1, 0.15) is 15.9 Å². The first kappa shape index (κ1) is 20.3. The Balaban J connectivity index is 1.33. The van der Waals surface area contributed by atoms with E-state index in [0.29, 0.717) is 50.9 Å². The zero-order chi connectivity index (χ0) is 23.2. The fourth-order valence-corrected chi connectivity index (χ4v) is 4.03. The Labute approximate surface area is 196 Å². The molecule has 3 aromatic carbocycles. The van der Waals surface area contributed by atoms with E-state index in [1.165, 1.54) is 0 Å². The zero-order valence-corrected chi connectivity index (χ0v) is 18.3. The smallest absolute Gasteiger partial charge is 0.281 e. The van der Waals surface area contributed by atoms with Crippen molar-refractivity contribution in [2.75, 3.05) is 6.79 Å². The number of fused-ring (bicyclic) bond motifs is 4. The van der Waals surface area contributed by atoms with Gasteiger partial charge in [0, 0.05) is 22.7 Å². The van der Waals surface area contributed by atoms with Crippen molar-refractivity contribution in [3.8, 4) is 22.8 Å². The normalized spacial score (nSPS) is 12.4. The fraction of sp³-hybridized carbons (Fsp3) is 0.0833. The van der Waals surface area contributed by atoms with Crippen LogP contribution in [0.25, 0.3) is 27.8 Å². The SMILES string of the molecule is O=C(NCc1ccc2c(c1)OCO2)c1ccc2c(=O)nc3c(-c4ccc(Cl)cc4)n[nH]n3c2c1. The van der Waals surface area contributed by atoms with Crippen LogP contribution in [-0.4, -0.2) is 32.5 Å². The third-order valence-electron chi connectivity index (χ3n) is 5.63. The van der Waals surface area contributed by atoms with Crippen LogP contribution in [0.15, 0.2) is 65.5 Å². The van der Waals surface area contributed by atoms with Crippen molar-refractivity contribution in [2.45, 2.75) is 6.54 Å². The van der Waals surface area contributed by atoms with Crippen LogP contribution in [-0.2, 0) is 6.54 Å². The minimum Gasteiger partial charge on any atom is -0.454 e. The van der Waals surface area contributed by atoms with Gasteiger partial charge in [0.2, 0.25) is 6.79 Å². The fourth-order valence-electron chi connectivity index (χ4n) is 3.91. The van der Waals surface area contributed by atoms with Gasteiger partial charge in [-0.15, -0.1) is 0 Å². The van der Waals surface area contributed by atoms with Crippen LogP contribution in [0.3, 0.4) is 0 Å². The standard InChI is InChI=1S/C24H16ClN5O4/c25-16-5-2-14(3-6-16)21-22-27-24(32)17-7-4-15(10-18(17)30(22)29-28-21)23(31)26-11-13-1-8-19-20(9-13)34-12-33-19/h1-10,29H,11-12H2,(H,26,31). The lowest BCUT2D eigenvalue weighted by molar-refractivity contribution is 0.0951. The number of nitrogens with zero attached hydrogens (tertiary/aromatic N) is 3. The minimum atomic E-state index is -0.404. The number of aromatic amines is 1. The van der Waals surface area contributed by atoms with Gasteiger partial charge in [-0.3, -0.25) is 9.59 Å². The highest BCUT2D eigenvalue weighted by molar-refractivity contribution is 6.30. The van der Waals surface area contributed by atoms with Crippen molar-refractivity contribution >= 4 is 34.1 Å². The Hall–Kier alpha value is -4.37. The van der Waals surface area contributed by atoms with Gasteiger partial charge in [0.1, 0.15) is 5.69 Å². The highest BCUT2D eigenvalue weighted by Crippen LogP contribution is 2.32. The number of ether oxygens (including phenoxy) is 2. The molecule has 0 bridgehead atoms. The first-order valence-corrected chi connectivity index (χ1v) is 10.8. The van der Waals surface area contributed by atoms with E-state index >= 15 is 0 Å². The molecule has 0 fully saturated rings. The number of hydrogen-bond donors (Lipinski definition) is 2. The maximum atomic E-state index is 12.9. The molecule has 10 heteroatoms. The molecule has 0 atom stereocenters. The molecule has 1 aliphatic heterocycles. The summed E-state index contributed by atoms with van der Waals surface area (Å²) >= 11 is 5.98. The van der Waals surface area contributed by atoms with Crippen molar-refractivity contribution < 1.29 is 14.3 Å². The third kappa shape index (κ3) is 3.43. The minimum absolute atomic E-state index is 0.193. The number of aromatic nitrogens is 4. The van der Waals surface area contributed by atoms with E-state index < -0.39 is 5.56 Å². The van der Waals surface area contributed by atoms with E-state index in [2.05, 4.69) is 20.6 Å². The average Bonchev–Trinajstić information content (AvgIpc) is 3.49. The Bertz CT molecular complexity index is 1640. The van der Waals surface area contributed by atoms with Crippen molar-refractivity contribution in [1.82, 2.24) is 25.1 Å². The summed E-state index contributed by atoms with van der Waals surface area (Å²) in [5.41, 5.74) is 2.99. The van der Waals surface area contributed by atoms with Crippen LogP contribution in [0, 0.1) is 0 Å². The van der Waals surface area contributed by atoms with Crippen molar-refractivity contribution in [1.29, 1.82) is 0 Å². The molecule has 5 aromatic rings. The Kier molecular flexibility index (Phi) is 4.70. The maximum absolute atomic E-state index is 12.9. The molecule has 6 rings (SSSR count). The van der Waals surface area contributed by atoms with Crippen LogP contribution in [0.5, 0.6) is 11.5 Å². The van der Waals surface area contributed by atoms with Gasteiger partial charge >= 0.3 is 0 Å². The molecule has 0 spiro atoms. The largest absolute Gasteiger partial charge is 0.454 e. The molecule has 2 aromatic heterocycles. The second kappa shape index (κ2) is 7.89. The lowest BCUT2D eigenvalue weighted by Gasteiger charge is -2.08. The number of nitrogens with one attached hydrogen (secondary N) is 2. The summed E-state index contributed by atoms with van der Waals surface area (Å²) in [6.45, 7) is 0.502. The summed E-state index contributed by atoms with van der Waals surface area (Å²) in [4.78, 5) is 29.8. The monoisotopic (exact) mass is 473 g/mol. The van der Waals surface area contributed by atoms with Gasteiger partial charge in [-0.05, 0) is 48.0 Å². The lowest BCUT2D eigenvalue weighted by Crippen LogP contribution is -2.23. The molecule has 1 amide bonds. The topological polar surface area (TPSA) is 111 Å². The number of amides is 1. The van der Waals surface area contributed by atoms with Gasteiger partial charge < -0.3 is 14.8 Å². The van der Waals surface area contributed by atoms with Crippen molar-refractivity contribution in [3.63, 3.8) is 0 Å². The quantitative estimate of drug-likeness (QED) is 0.413. The summed E-state index contributed by atoms with van der Waals surface area (Å²) in [7, 11) is 0. The van der Waals surface area contributed by atoms with E-state index in [9.17, 15) is 9.59 Å².